The highest BCUT2D eigenvalue weighted by Gasteiger charge is 2.31. The Morgan fingerprint density at radius 2 is 1.54 bits per heavy atom. The molecule has 1 N–H and O–H groups in total. The van der Waals surface area contributed by atoms with Crippen LogP contribution in [0.4, 0.5) is 0 Å². The predicted octanol–water partition coefficient (Wildman–Crippen LogP) is 3.55. The van der Waals surface area contributed by atoms with Crippen molar-refractivity contribution in [1.82, 2.24) is 14.5 Å². The Morgan fingerprint density at radius 1 is 0.902 bits per heavy atom. The number of ether oxygens (including phenoxy) is 2. The molecule has 0 saturated heterocycles. The van der Waals surface area contributed by atoms with Gasteiger partial charge >= 0.3 is 0 Å². The quantitative estimate of drug-likeness (QED) is 0.303. The molecule has 0 aliphatic carbocycles. The van der Waals surface area contributed by atoms with Crippen LogP contribution in [0, 0.1) is 0 Å². The number of methoxy groups -OCH3 is 2. The summed E-state index contributed by atoms with van der Waals surface area (Å²) in [6, 6.07) is 21.0. The number of nitrogens with zero attached hydrogens (tertiary/aromatic N) is 2. The van der Waals surface area contributed by atoms with Gasteiger partial charge in [-0.2, -0.15) is 4.31 Å². The van der Waals surface area contributed by atoms with Gasteiger partial charge in [-0.3, -0.25) is 9.59 Å². The third-order valence-electron chi connectivity index (χ3n) is 6.62. The first kappa shape index (κ1) is 31.9. The maximum atomic E-state index is 13.7. The van der Waals surface area contributed by atoms with Crippen LogP contribution in [0.5, 0.6) is 11.5 Å². The first-order chi connectivity index (χ1) is 19.5. The molecular weight excluding hydrogens is 566 g/mol. The van der Waals surface area contributed by atoms with Crippen LogP contribution in [-0.4, -0.2) is 76.1 Å². The summed E-state index contributed by atoms with van der Waals surface area (Å²) in [6.07, 6.45) is 1.79. The minimum Gasteiger partial charge on any atom is -0.493 e. The van der Waals surface area contributed by atoms with Crippen LogP contribution >= 0.6 is 11.6 Å². The van der Waals surface area contributed by atoms with Gasteiger partial charge < -0.3 is 19.7 Å². The monoisotopic (exact) mass is 601 g/mol. The van der Waals surface area contributed by atoms with Gasteiger partial charge in [0.25, 0.3) is 0 Å². The zero-order valence-corrected chi connectivity index (χ0v) is 25.2. The van der Waals surface area contributed by atoms with Crippen LogP contribution in [0.15, 0.2) is 72.8 Å². The molecule has 0 fully saturated rings. The predicted molar refractivity (Wildman–Crippen MR) is 160 cm³/mol. The van der Waals surface area contributed by atoms with Crippen molar-refractivity contribution in [2.24, 2.45) is 0 Å². The average Bonchev–Trinajstić information content (AvgIpc) is 2.95. The van der Waals surface area contributed by atoms with Crippen molar-refractivity contribution in [2.45, 2.75) is 25.4 Å². The van der Waals surface area contributed by atoms with Gasteiger partial charge in [0.05, 0.1) is 27.0 Å². The standard InChI is InChI=1S/C30H36ClN3O6S/c1-33(41(4,37)38)21-29(35)34(20-24-10-13-25(31)14-11-24)26(18-22-8-6-5-7-9-22)30(36)32-17-16-23-12-15-27(39-2)28(19-23)40-3/h5-15,19,26H,16-18,20-21H2,1-4H3,(H,32,36)/t26-/m1/s1. The molecule has 11 heteroatoms. The van der Waals surface area contributed by atoms with Crippen LogP contribution in [0.1, 0.15) is 16.7 Å². The van der Waals surface area contributed by atoms with Crippen molar-refractivity contribution in [3.05, 3.63) is 94.5 Å². The van der Waals surface area contributed by atoms with Crippen molar-refractivity contribution >= 4 is 33.4 Å². The van der Waals surface area contributed by atoms with Gasteiger partial charge in [-0.1, -0.05) is 60.1 Å². The van der Waals surface area contributed by atoms with Crippen molar-refractivity contribution in [1.29, 1.82) is 0 Å². The van der Waals surface area contributed by atoms with E-state index in [2.05, 4.69) is 5.32 Å². The molecule has 0 aromatic heterocycles. The zero-order chi connectivity index (χ0) is 30.0. The van der Waals surface area contributed by atoms with E-state index in [1.54, 1.807) is 44.6 Å². The van der Waals surface area contributed by atoms with Gasteiger partial charge in [0.2, 0.25) is 21.8 Å². The number of carbonyl (C=O) groups is 2. The Balaban J connectivity index is 1.88. The summed E-state index contributed by atoms with van der Waals surface area (Å²) in [5.41, 5.74) is 2.55. The number of hydrogen-bond donors (Lipinski definition) is 1. The Bertz CT molecular complexity index is 1420. The number of rotatable bonds is 14. The van der Waals surface area contributed by atoms with E-state index in [9.17, 15) is 18.0 Å². The summed E-state index contributed by atoms with van der Waals surface area (Å²) in [5.74, 6) is 0.356. The molecule has 41 heavy (non-hydrogen) atoms. The number of nitrogens with one attached hydrogen (secondary N) is 1. The highest BCUT2D eigenvalue weighted by Crippen LogP contribution is 2.27. The topological polar surface area (TPSA) is 105 Å². The van der Waals surface area contributed by atoms with Crippen molar-refractivity contribution in [3.63, 3.8) is 0 Å². The van der Waals surface area contributed by atoms with Crippen LogP contribution in [-0.2, 0) is 39.0 Å². The van der Waals surface area contributed by atoms with Gasteiger partial charge in [0.1, 0.15) is 6.04 Å². The Morgan fingerprint density at radius 3 is 2.15 bits per heavy atom. The lowest BCUT2D eigenvalue weighted by atomic mass is 10.0. The van der Waals surface area contributed by atoms with Gasteiger partial charge in [-0.05, 0) is 47.4 Å². The number of likely N-dealkylation sites (N-methyl/N-ethyl adjacent to an activating group) is 1. The highest BCUT2D eigenvalue weighted by atomic mass is 35.5. The minimum atomic E-state index is -3.62. The summed E-state index contributed by atoms with van der Waals surface area (Å²) in [7, 11) is 0.840. The van der Waals surface area contributed by atoms with E-state index in [1.165, 1.54) is 11.9 Å². The molecule has 0 spiro atoms. The molecule has 1 atom stereocenters. The number of benzene rings is 3. The maximum Gasteiger partial charge on any atom is 0.243 e. The fourth-order valence-electron chi connectivity index (χ4n) is 4.22. The molecule has 0 bridgehead atoms. The molecule has 3 rings (SSSR count). The minimum absolute atomic E-state index is 0.0915. The smallest absolute Gasteiger partial charge is 0.243 e. The number of amides is 2. The molecule has 9 nitrogen and oxygen atoms in total. The van der Waals surface area contributed by atoms with Crippen LogP contribution in [0.25, 0.3) is 0 Å². The zero-order valence-electron chi connectivity index (χ0n) is 23.7. The van der Waals surface area contributed by atoms with Crippen molar-refractivity contribution < 1.29 is 27.5 Å². The van der Waals surface area contributed by atoms with Crippen molar-refractivity contribution in [2.75, 3.05) is 40.6 Å². The lowest BCUT2D eigenvalue weighted by Gasteiger charge is -2.32. The fraction of sp³-hybridized carbons (Fsp3) is 0.333. The van der Waals surface area contributed by atoms with Crippen molar-refractivity contribution in [3.8, 4) is 11.5 Å². The molecular formula is C30H36ClN3O6S. The van der Waals surface area contributed by atoms with Gasteiger partial charge in [-0.15, -0.1) is 0 Å². The summed E-state index contributed by atoms with van der Waals surface area (Å²) < 4.78 is 35.8. The molecule has 0 heterocycles. The fourth-order valence-corrected chi connectivity index (χ4v) is 4.69. The second-order valence-corrected chi connectivity index (χ2v) is 12.1. The summed E-state index contributed by atoms with van der Waals surface area (Å²) in [6.45, 7) is -0.00331. The molecule has 3 aromatic carbocycles. The Hall–Kier alpha value is -3.60. The van der Waals surface area contributed by atoms with Gasteiger partial charge in [0, 0.05) is 31.6 Å². The molecule has 0 aliphatic rings. The third-order valence-corrected chi connectivity index (χ3v) is 8.14. The summed E-state index contributed by atoms with van der Waals surface area (Å²) in [4.78, 5) is 28.8. The lowest BCUT2D eigenvalue weighted by molar-refractivity contribution is -0.141. The van der Waals surface area contributed by atoms with Gasteiger partial charge in [0.15, 0.2) is 11.5 Å². The normalized spacial score (nSPS) is 12.0. The number of hydrogen-bond acceptors (Lipinski definition) is 6. The molecule has 0 aliphatic heterocycles. The van der Waals surface area contributed by atoms with Crippen LogP contribution in [0.3, 0.4) is 0 Å². The highest BCUT2D eigenvalue weighted by molar-refractivity contribution is 7.88. The number of sulfonamides is 1. The van der Waals surface area contributed by atoms with E-state index in [-0.39, 0.29) is 18.9 Å². The Labute approximate surface area is 247 Å². The van der Waals surface area contributed by atoms with Gasteiger partial charge in [-0.25, -0.2) is 8.42 Å². The number of halogens is 1. The van der Waals surface area contributed by atoms with E-state index < -0.39 is 28.5 Å². The Kier molecular flexibility index (Phi) is 11.6. The lowest BCUT2D eigenvalue weighted by Crippen LogP contribution is -2.53. The molecule has 0 radical (unpaired) electrons. The summed E-state index contributed by atoms with van der Waals surface area (Å²) >= 11 is 6.06. The summed E-state index contributed by atoms with van der Waals surface area (Å²) in [5, 5.41) is 3.51. The maximum absolute atomic E-state index is 13.7. The van der Waals surface area contributed by atoms with E-state index in [4.69, 9.17) is 21.1 Å². The first-order valence-corrected chi connectivity index (χ1v) is 15.2. The molecule has 0 unspecified atom stereocenters. The molecule has 220 valence electrons. The molecule has 0 saturated carbocycles. The van der Waals surface area contributed by atoms with E-state index in [1.807, 2.05) is 42.5 Å². The second-order valence-electron chi connectivity index (χ2n) is 9.60. The SMILES string of the molecule is COc1ccc(CCNC(=O)[C@@H](Cc2ccccc2)N(Cc2ccc(Cl)cc2)C(=O)CN(C)S(C)(=O)=O)cc1OC. The number of carbonyl (C=O) groups excluding carboxylic acids is 2. The van der Waals surface area contributed by atoms with E-state index in [0.29, 0.717) is 29.5 Å². The first-order valence-electron chi connectivity index (χ1n) is 13.0. The van der Waals surface area contributed by atoms with E-state index in [0.717, 1.165) is 27.3 Å². The van der Waals surface area contributed by atoms with Crippen LogP contribution < -0.4 is 14.8 Å². The second kappa shape index (κ2) is 14.9. The largest absolute Gasteiger partial charge is 0.493 e. The van der Waals surface area contributed by atoms with E-state index >= 15 is 0 Å². The third kappa shape index (κ3) is 9.48. The molecule has 3 aromatic rings. The molecule has 2 amide bonds. The van der Waals surface area contributed by atoms with Crippen LogP contribution in [0.2, 0.25) is 5.02 Å². The average molecular weight is 602 g/mol.